The lowest BCUT2D eigenvalue weighted by atomic mass is 9.78. The molecule has 0 amide bonds. The standard InChI is InChI=1S/C17H34O/c1-3-4-5-6-7-8-9-10-11-16-14-15(2)12-13-17(16)18/h15-18H,3-14H2,1-2H3. The number of unbranched alkanes of at least 4 members (excludes halogenated alkanes) is 7. The number of rotatable bonds is 9. The second kappa shape index (κ2) is 9.83. The van der Waals surface area contributed by atoms with Crippen LogP contribution >= 0.6 is 0 Å². The highest BCUT2D eigenvalue weighted by Gasteiger charge is 2.26. The summed E-state index contributed by atoms with van der Waals surface area (Å²) in [6.45, 7) is 4.61. The molecule has 0 aromatic carbocycles. The molecule has 3 unspecified atom stereocenters. The third-order valence-corrected chi connectivity index (χ3v) is 4.63. The smallest absolute Gasteiger partial charge is 0.0568 e. The molecule has 0 heterocycles. The van der Waals surface area contributed by atoms with Crippen molar-refractivity contribution in [3.63, 3.8) is 0 Å². The van der Waals surface area contributed by atoms with Gasteiger partial charge in [0.1, 0.15) is 0 Å². The molecular weight excluding hydrogens is 220 g/mol. The van der Waals surface area contributed by atoms with Crippen molar-refractivity contribution in [2.24, 2.45) is 11.8 Å². The molecule has 0 aromatic heterocycles. The fourth-order valence-electron chi connectivity index (χ4n) is 3.33. The minimum absolute atomic E-state index is 0.00533. The average molecular weight is 254 g/mol. The molecule has 1 aliphatic rings. The molecule has 1 aliphatic carbocycles. The normalized spacial score (nSPS) is 28.5. The SMILES string of the molecule is CCCCCCCCCCC1CC(C)CCC1O. The Labute approximate surface area is 114 Å². The molecule has 1 heteroatoms. The summed E-state index contributed by atoms with van der Waals surface area (Å²) in [5.41, 5.74) is 0. The minimum Gasteiger partial charge on any atom is -0.393 e. The highest BCUT2D eigenvalue weighted by Crippen LogP contribution is 2.32. The minimum atomic E-state index is 0.00533. The number of hydrogen-bond donors (Lipinski definition) is 1. The quantitative estimate of drug-likeness (QED) is 0.552. The lowest BCUT2D eigenvalue weighted by molar-refractivity contribution is 0.0461. The monoisotopic (exact) mass is 254 g/mol. The van der Waals surface area contributed by atoms with Crippen LogP contribution in [0.3, 0.4) is 0 Å². The van der Waals surface area contributed by atoms with Crippen LogP contribution in [-0.4, -0.2) is 11.2 Å². The van der Waals surface area contributed by atoms with Gasteiger partial charge in [0.25, 0.3) is 0 Å². The molecule has 1 rings (SSSR count). The van der Waals surface area contributed by atoms with Crippen molar-refractivity contribution in [2.75, 3.05) is 0 Å². The Kier molecular flexibility index (Phi) is 8.75. The van der Waals surface area contributed by atoms with E-state index < -0.39 is 0 Å². The van der Waals surface area contributed by atoms with E-state index in [0.717, 1.165) is 12.3 Å². The first kappa shape index (κ1) is 16.0. The fraction of sp³-hybridized carbons (Fsp3) is 1.00. The molecule has 18 heavy (non-hydrogen) atoms. The van der Waals surface area contributed by atoms with E-state index in [2.05, 4.69) is 13.8 Å². The molecule has 0 aliphatic heterocycles. The first-order valence-electron chi connectivity index (χ1n) is 8.42. The Balaban J connectivity index is 1.93. The number of aliphatic hydroxyl groups excluding tert-OH is 1. The number of aliphatic hydroxyl groups is 1. The van der Waals surface area contributed by atoms with Crippen molar-refractivity contribution < 1.29 is 5.11 Å². The average Bonchev–Trinajstić information content (AvgIpc) is 2.36. The van der Waals surface area contributed by atoms with Crippen molar-refractivity contribution in [2.45, 2.75) is 97.0 Å². The molecule has 0 radical (unpaired) electrons. The second-order valence-electron chi connectivity index (χ2n) is 6.51. The third kappa shape index (κ3) is 6.78. The maximum atomic E-state index is 9.99. The Morgan fingerprint density at radius 1 is 0.889 bits per heavy atom. The van der Waals surface area contributed by atoms with Gasteiger partial charge < -0.3 is 5.11 Å². The molecule has 1 fully saturated rings. The van der Waals surface area contributed by atoms with Gasteiger partial charge in [0, 0.05) is 0 Å². The van der Waals surface area contributed by atoms with Gasteiger partial charge in [-0.2, -0.15) is 0 Å². The molecule has 3 atom stereocenters. The van der Waals surface area contributed by atoms with Crippen LogP contribution in [0.15, 0.2) is 0 Å². The molecule has 0 saturated heterocycles. The summed E-state index contributed by atoms with van der Waals surface area (Å²) in [7, 11) is 0. The zero-order valence-corrected chi connectivity index (χ0v) is 12.7. The Morgan fingerprint density at radius 2 is 1.50 bits per heavy atom. The topological polar surface area (TPSA) is 20.2 Å². The second-order valence-corrected chi connectivity index (χ2v) is 6.51. The first-order valence-corrected chi connectivity index (χ1v) is 8.42. The largest absolute Gasteiger partial charge is 0.393 e. The van der Waals surface area contributed by atoms with Crippen LogP contribution in [0.5, 0.6) is 0 Å². The zero-order chi connectivity index (χ0) is 13.2. The Bertz CT molecular complexity index is 190. The van der Waals surface area contributed by atoms with E-state index in [-0.39, 0.29) is 6.10 Å². The molecule has 0 bridgehead atoms. The molecule has 1 nitrogen and oxygen atoms in total. The number of hydrogen-bond acceptors (Lipinski definition) is 1. The molecule has 1 saturated carbocycles. The van der Waals surface area contributed by atoms with Gasteiger partial charge >= 0.3 is 0 Å². The van der Waals surface area contributed by atoms with E-state index in [1.165, 1.54) is 70.6 Å². The van der Waals surface area contributed by atoms with Crippen LogP contribution in [0.1, 0.15) is 90.9 Å². The fourth-order valence-corrected chi connectivity index (χ4v) is 3.33. The molecular formula is C17H34O. The molecule has 108 valence electrons. The van der Waals surface area contributed by atoms with Crippen molar-refractivity contribution in [3.05, 3.63) is 0 Å². The van der Waals surface area contributed by atoms with Crippen LogP contribution in [-0.2, 0) is 0 Å². The predicted molar refractivity (Wildman–Crippen MR) is 79.7 cm³/mol. The van der Waals surface area contributed by atoms with Gasteiger partial charge in [-0.05, 0) is 37.5 Å². The van der Waals surface area contributed by atoms with Crippen LogP contribution < -0.4 is 0 Å². The van der Waals surface area contributed by atoms with Crippen molar-refractivity contribution >= 4 is 0 Å². The lowest BCUT2D eigenvalue weighted by Gasteiger charge is -2.31. The van der Waals surface area contributed by atoms with Crippen molar-refractivity contribution in [3.8, 4) is 0 Å². The van der Waals surface area contributed by atoms with Gasteiger partial charge in [-0.25, -0.2) is 0 Å². The van der Waals surface area contributed by atoms with E-state index in [0.29, 0.717) is 5.92 Å². The Morgan fingerprint density at radius 3 is 2.17 bits per heavy atom. The van der Waals surface area contributed by atoms with Crippen LogP contribution in [0.25, 0.3) is 0 Å². The van der Waals surface area contributed by atoms with Gasteiger partial charge in [-0.15, -0.1) is 0 Å². The van der Waals surface area contributed by atoms with E-state index in [1.54, 1.807) is 0 Å². The predicted octanol–water partition coefficient (Wildman–Crippen LogP) is 5.31. The van der Waals surface area contributed by atoms with E-state index in [1.807, 2.05) is 0 Å². The summed E-state index contributed by atoms with van der Waals surface area (Å²) in [6, 6.07) is 0. The van der Waals surface area contributed by atoms with Crippen molar-refractivity contribution in [1.82, 2.24) is 0 Å². The summed E-state index contributed by atoms with van der Waals surface area (Å²) >= 11 is 0. The third-order valence-electron chi connectivity index (χ3n) is 4.63. The van der Waals surface area contributed by atoms with E-state index in [4.69, 9.17) is 0 Å². The summed E-state index contributed by atoms with van der Waals surface area (Å²) < 4.78 is 0. The Hall–Kier alpha value is -0.0400. The van der Waals surface area contributed by atoms with E-state index >= 15 is 0 Å². The van der Waals surface area contributed by atoms with Gasteiger partial charge in [-0.3, -0.25) is 0 Å². The van der Waals surface area contributed by atoms with Crippen LogP contribution in [0.2, 0.25) is 0 Å². The highest BCUT2D eigenvalue weighted by atomic mass is 16.3. The van der Waals surface area contributed by atoms with Gasteiger partial charge in [0.05, 0.1) is 6.10 Å². The first-order chi connectivity index (χ1) is 8.74. The summed E-state index contributed by atoms with van der Waals surface area (Å²) in [6.07, 6.45) is 16.0. The molecule has 0 spiro atoms. The van der Waals surface area contributed by atoms with Gasteiger partial charge in [0.2, 0.25) is 0 Å². The van der Waals surface area contributed by atoms with E-state index in [9.17, 15) is 5.11 Å². The maximum Gasteiger partial charge on any atom is 0.0568 e. The molecule has 1 N–H and O–H groups in total. The summed E-state index contributed by atoms with van der Waals surface area (Å²) in [5, 5.41) is 9.99. The summed E-state index contributed by atoms with van der Waals surface area (Å²) in [4.78, 5) is 0. The highest BCUT2D eigenvalue weighted by molar-refractivity contribution is 4.77. The van der Waals surface area contributed by atoms with Gasteiger partial charge in [0.15, 0.2) is 0 Å². The van der Waals surface area contributed by atoms with Crippen LogP contribution in [0, 0.1) is 11.8 Å². The van der Waals surface area contributed by atoms with Crippen molar-refractivity contribution in [1.29, 1.82) is 0 Å². The molecule has 0 aromatic rings. The lowest BCUT2D eigenvalue weighted by Crippen LogP contribution is -2.28. The zero-order valence-electron chi connectivity index (χ0n) is 12.7. The van der Waals surface area contributed by atoms with Crippen LogP contribution in [0.4, 0.5) is 0 Å². The van der Waals surface area contributed by atoms with Gasteiger partial charge in [-0.1, -0.05) is 65.2 Å². The maximum absolute atomic E-state index is 9.99. The summed E-state index contributed by atoms with van der Waals surface area (Å²) in [5.74, 6) is 1.45.